The monoisotopic (exact) mass is 294 g/mol. The maximum Gasteiger partial charge on any atom is 0.245 e. The summed E-state index contributed by atoms with van der Waals surface area (Å²) in [5.41, 5.74) is 0.461. The summed E-state index contributed by atoms with van der Waals surface area (Å²) >= 11 is 0. The van der Waals surface area contributed by atoms with Crippen molar-refractivity contribution in [2.75, 3.05) is 6.54 Å². The van der Waals surface area contributed by atoms with Crippen LogP contribution in [0, 0.1) is 22.7 Å². The van der Waals surface area contributed by atoms with Gasteiger partial charge in [0, 0.05) is 6.54 Å². The van der Waals surface area contributed by atoms with Crippen LogP contribution in [0.4, 0.5) is 0 Å². The van der Waals surface area contributed by atoms with E-state index in [1.165, 1.54) is 0 Å². The van der Waals surface area contributed by atoms with Crippen molar-refractivity contribution in [3.8, 4) is 0 Å². The average molecular weight is 294 g/mol. The van der Waals surface area contributed by atoms with E-state index < -0.39 is 0 Å². The van der Waals surface area contributed by atoms with Crippen LogP contribution in [0.25, 0.3) is 0 Å². The number of amides is 2. The van der Waals surface area contributed by atoms with Gasteiger partial charge >= 0.3 is 0 Å². The minimum Gasteiger partial charge on any atom is -0.343 e. The second-order valence-electron chi connectivity index (χ2n) is 8.35. The van der Waals surface area contributed by atoms with Crippen molar-refractivity contribution in [2.45, 2.75) is 67.0 Å². The molecule has 1 aliphatic heterocycles. The van der Waals surface area contributed by atoms with Crippen molar-refractivity contribution in [3.05, 3.63) is 0 Å². The van der Waals surface area contributed by atoms with E-state index in [0.29, 0.717) is 24.8 Å². The van der Waals surface area contributed by atoms with E-state index in [4.69, 9.17) is 0 Å². The highest BCUT2D eigenvalue weighted by atomic mass is 16.2. The fourth-order valence-corrected chi connectivity index (χ4v) is 3.75. The summed E-state index contributed by atoms with van der Waals surface area (Å²) in [6, 6.07) is -0.702. The molecule has 1 saturated carbocycles. The largest absolute Gasteiger partial charge is 0.343 e. The lowest BCUT2D eigenvalue weighted by atomic mass is 9.98. The number of hydrogen-bond donors (Lipinski definition) is 1. The summed E-state index contributed by atoms with van der Waals surface area (Å²) in [5, 5.41) is 2.88. The van der Waals surface area contributed by atoms with E-state index in [1.807, 2.05) is 11.8 Å². The molecule has 1 saturated heterocycles. The van der Waals surface area contributed by atoms with Gasteiger partial charge in [0.15, 0.2) is 0 Å². The fourth-order valence-electron chi connectivity index (χ4n) is 3.75. The van der Waals surface area contributed by atoms with Crippen molar-refractivity contribution < 1.29 is 9.59 Å². The molecular weight excluding hydrogens is 264 g/mol. The lowest BCUT2D eigenvalue weighted by Gasteiger charge is -2.38. The maximum absolute atomic E-state index is 12.7. The van der Waals surface area contributed by atoms with E-state index in [1.54, 1.807) is 0 Å². The van der Waals surface area contributed by atoms with Gasteiger partial charge in [-0.15, -0.1) is 0 Å². The first-order valence-corrected chi connectivity index (χ1v) is 8.11. The van der Waals surface area contributed by atoms with Crippen LogP contribution in [0.15, 0.2) is 0 Å². The van der Waals surface area contributed by atoms with Crippen molar-refractivity contribution in [2.24, 2.45) is 22.7 Å². The zero-order valence-electron chi connectivity index (χ0n) is 14.5. The lowest BCUT2D eigenvalue weighted by Crippen LogP contribution is -2.63. The number of piperazine rings is 1. The summed E-state index contributed by atoms with van der Waals surface area (Å²) in [6.45, 7) is 15.7. The van der Waals surface area contributed by atoms with Crippen LogP contribution in [0.3, 0.4) is 0 Å². The molecule has 120 valence electrons. The van der Waals surface area contributed by atoms with Crippen molar-refractivity contribution in [1.29, 1.82) is 0 Å². The highest BCUT2D eigenvalue weighted by Gasteiger charge is 2.65. The zero-order chi connectivity index (χ0) is 16.2. The fraction of sp³-hybridized carbons (Fsp3) is 0.882. The number of hydrogen-bond acceptors (Lipinski definition) is 2. The number of nitrogens with zero attached hydrogens (tertiary/aromatic N) is 1. The Bertz CT molecular complexity index is 440. The van der Waals surface area contributed by atoms with Gasteiger partial charge in [0.2, 0.25) is 11.8 Å². The molecule has 1 aliphatic carbocycles. The van der Waals surface area contributed by atoms with E-state index >= 15 is 0 Å². The van der Waals surface area contributed by atoms with Crippen LogP contribution in [0.5, 0.6) is 0 Å². The third-order valence-corrected chi connectivity index (χ3v) is 6.15. The summed E-state index contributed by atoms with van der Waals surface area (Å²) in [5.74, 6) is 0.927. The van der Waals surface area contributed by atoms with E-state index in [9.17, 15) is 9.59 Å². The van der Waals surface area contributed by atoms with Crippen LogP contribution in [-0.4, -0.2) is 35.3 Å². The molecule has 1 heterocycles. The molecule has 2 rings (SSSR count). The van der Waals surface area contributed by atoms with Gasteiger partial charge in [-0.3, -0.25) is 9.59 Å². The topological polar surface area (TPSA) is 49.4 Å². The molecule has 21 heavy (non-hydrogen) atoms. The van der Waals surface area contributed by atoms with Gasteiger partial charge in [-0.2, -0.15) is 0 Å². The SMILES string of the molecule is CC(C)CC1NC(=O)C(C)N(CC2C(C)(C)C2(C)C)C1=O. The average Bonchev–Trinajstić information content (AvgIpc) is 2.72. The van der Waals surface area contributed by atoms with Gasteiger partial charge in [-0.25, -0.2) is 0 Å². The molecule has 4 nitrogen and oxygen atoms in total. The summed E-state index contributed by atoms with van der Waals surface area (Å²) in [6.07, 6.45) is 0.714. The van der Waals surface area contributed by atoms with Gasteiger partial charge < -0.3 is 10.2 Å². The molecule has 0 radical (unpaired) electrons. The van der Waals surface area contributed by atoms with E-state index in [2.05, 4.69) is 46.9 Å². The minimum atomic E-state index is -0.354. The van der Waals surface area contributed by atoms with Gasteiger partial charge in [-0.05, 0) is 36.0 Å². The molecule has 0 aromatic rings. The van der Waals surface area contributed by atoms with E-state index in [0.717, 1.165) is 0 Å². The molecular formula is C17H30N2O2. The van der Waals surface area contributed by atoms with Crippen LogP contribution < -0.4 is 5.32 Å². The predicted octanol–water partition coefficient (Wildman–Crippen LogP) is 2.43. The first-order valence-electron chi connectivity index (χ1n) is 8.11. The Morgan fingerprint density at radius 2 is 1.67 bits per heavy atom. The highest BCUT2D eigenvalue weighted by Crippen LogP contribution is 2.68. The smallest absolute Gasteiger partial charge is 0.245 e. The van der Waals surface area contributed by atoms with Gasteiger partial charge in [0.05, 0.1) is 0 Å². The van der Waals surface area contributed by atoms with Gasteiger partial charge in [0.25, 0.3) is 0 Å². The maximum atomic E-state index is 12.7. The Balaban J connectivity index is 2.13. The Morgan fingerprint density at radius 1 is 1.14 bits per heavy atom. The van der Waals surface area contributed by atoms with Crippen LogP contribution >= 0.6 is 0 Å². The Morgan fingerprint density at radius 3 is 2.10 bits per heavy atom. The Labute approximate surface area is 128 Å². The van der Waals surface area contributed by atoms with Crippen molar-refractivity contribution >= 4 is 11.8 Å². The number of carbonyl (C=O) groups is 2. The van der Waals surface area contributed by atoms with Gasteiger partial charge in [-0.1, -0.05) is 41.5 Å². The van der Waals surface area contributed by atoms with Crippen molar-refractivity contribution in [3.63, 3.8) is 0 Å². The van der Waals surface area contributed by atoms with Crippen LogP contribution in [0.2, 0.25) is 0 Å². The first-order chi connectivity index (χ1) is 9.50. The second-order valence-corrected chi connectivity index (χ2v) is 8.35. The third-order valence-electron chi connectivity index (χ3n) is 6.15. The van der Waals surface area contributed by atoms with Crippen molar-refractivity contribution in [1.82, 2.24) is 10.2 Å². The predicted molar refractivity (Wildman–Crippen MR) is 83.6 cm³/mol. The zero-order valence-corrected chi connectivity index (χ0v) is 14.5. The van der Waals surface area contributed by atoms with E-state index in [-0.39, 0.29) is 34.7 Å². The molecule has 4 heteroatoms. The summed E-state index contributed by atoms with van der Waals surface area (Å²) in [4.78, 5) is 26.7. The molecule has 2 aliphatic rings. The minimum absolute atomic E-state index is 0.0171. The molecule has 2 atom stereocenters. The first kappa shape index (κ1) is 16.3. The quantitative estimate of drug-likeness (QED) is 0.865. The molecule has 0 aromatic heterocycles. The van der Waals surface area contributed by atoms with Crippen LogP contribution in [0.1, 0.15) is 54.9 Å². The number of carbonyl (C=O) groups excluding carboxylic acids is 2. The molecule has 0 spiro atoms. The number of nitrogens with one attached hydrogen (secondary N) is 1. The highest BCUT2D eigenvalue weighted by molar-refractivity contribution is 5.96. The Kier molecular flexibility index (Phi) is 3.88. The molecule has 2 fully saturated rings. The standard InChI is InChI=1S/C17H30N2O2/c1-10(2)8-12-15(21)19(11(3)14(20)18-12)9-13-16(4,5)17(13,6)7/h10-13H,8-9H2,1-7H3,(H,18,20). The summed E-state index contributed by atoms with van der Waals surface area (Å²) < 4.78 is 0. The lowest BCUT2D eigenvalue weighted by molar-refractivity contribution is -0.149. The molecule has 2 amide bonds. The van der Waals surface area contributed by atoms with Gasteiger partial charge in [0.1, 0.15) is 12.1 Å². The molecule has 0 bridgehead atoms. The summed E-state index contributed by atoms with van der Waals surface area (Å²) in [7, 11) is 0. The normalized spacial score (nSPS) is 31.5. The molecule has 2 unspecified atom stereocenters. The Hall–Kier alpha value is -1.06. The second kappa shape index (κ2) is 4.99. The number of rotatable bonds is 4. The molecule has 1 N–H and O–H groups in total. The third kappa shape index (κ3) is 2.58. The molecule has 0 aromatic carbocycles. The van der Waals surface area contributed by atoms with Crippen LogP contribution in [-0.2, 0) is 9.59 Å².